The topological polar surface area (TPSA) is 79.2 Å². The van der Waals surface area contributed by atoms with Crippen LogP contribution in [0.3, 0.4) is 0 Å². The summed E-state index contributed by atoms with van der Waals surface area (Å²) in [6.07, 6.45) is 6.20. The summed E-state index contributed by atoms with van der Waals surface area (Å²) >= 11 is 7.27. The van der Waals surface area contributed by atoms with Gasteiger partial charge in [0.1, 0.15) is 5.37 Å². The first kappa shape index (κ1) is 24.8. The van der Waals surface area contributed by atoms with Crippen molar-refractivity contribution in [3.05, 3.63) is 48.0 Å². The summed E-state index contributed by atoms with van der Waals surface area (Å²) in [5, 5.41) is 10.1. The zero-order chi connectivity index (χ0) is 23.1. The van der Waals surface area contributed by atoms with E-state index in [2.05, 4.69) is 18.5 Å². The van der Waals surface area contributed by atoms with Crippen LogP contribution in [-0.4, -0.2) is 56.4 Å². The number of thioether (sulfide) groups is 1. The van der Waals surface area contributed by atoms with Crippen LogP contribution in [0.4, 0.5) is 0 Å². The lowest BCUT2D eigenvalue weighted by atomic mass is 10.00. The number of halogens is 1. The van der Waals surface area contributed by atoms with Gasteiger partial charge in [-0.25, -0.2) is 4.79 Å². The second-order valence-corrected chi connectivity index (χ2v) is 9.68. The molecule has 1 N–H and O–H groups in total. The third-order valence-electron chi connectivity index (χ3n) is 5.77. The predicted octanol–water partition coefficient (Wildman–Crippen LogP) is 4.86. The molecule has 32 heavy (non-hydrogen) atoms. The van der Waals surface area contributed by atoms with Gasteiger partial charge in [0.15, 0.2) is 12.1 Å². The van der Waals surface area contributed by atoms with E-state index in [1.165, 1.54) is 35.9 Å². The first-order chi connectivity index (χ1) is 15.5. The number of carbonyl (C=O) groups is 2. The standard InChI is InChI=1S/C24H31ClN2O4S/c1-3-4-5-9-12-18(31-15-17-10-7-6-8-11-17)13-19-26-20-22(28)27(23(20)32-19)21(24(29)30)16(2)14-25/h6-8,10-11,18,20-21,23H,2-5,9,12-15H2,1H3,(H,29,30). The fraction of sp³-hybridized carbons (Fsp3) is 0.542. The Hall–Kier alpha value is -1.83. The van der Waals surface area contributed by atoms with Crippen LogP contribution < -0.4 is 0 Å². The van der Waals surface area contributed by atoms with E-state index in [1.54, 1.807) is 0 Å². The van der Waals surface area contributed by atoms with Crippen LogP contribution in [0.15, 0.2) is 47.5 Å². The Bertz CT molecular complexity index is 848. The number of carboxylic acid groups (broad SMARTS) is 1. The highest BCUT2D eigenvalue weighted by molar-refractivity contribution is 8.14. The number of ether oxygens (including phenoxy) is 1. The van der Waals surface area contributed by atoms with E-state index in [9.17, 15) is 14.7 Å². The Labute approximate surface area is 199 Å². The van der Waals surface area contributed by atoms with Crippen molar-refractivity contribution in [1.82, 2.24) is 4.90 Å². The summed E-state index contributed by atoms with van der Waals surface area (Å²) < 4.78 is 6.24. The molecule has 174 valence electrons. The fourth-order valence-electron chi connectivity index (χ4n) is 4.00. The molecule has 2 heterocycles. The SMILES string of the molecule is C=C(CCl)C(C(=O)O)N1C(=O)C2N=C(CC(CCCCCC)OCc3ccccc3)SC21. The smallest absolute Gasteiger partial charge is 0.330 e. The molecule has 2 aliphatic heterocycles. The summed E-state index contributed by atoms with van der Waals surface area (Å²) in [6, 6.07) is 8.44. The number of unbranched alkanes of at least 4 members (excludes halogenated alkanes) is 3. The zero-order valence-electron chi connectivity index (χ0n) is 18.4. The molecule has 2 aliphatic rings. The number of carbonyl (C=O) groups excluding carboxylic acids is 1. The number of rotatable bonds is 14. The van der Waals surface area contributed by atoms with Gasteiger partial charge in [0, 0.05) is 12.3 Å². The van der Waals surface area contributed by atoms with Crippen LogP contribution in [0, 0.1) is 0 Å². The number of hydrogen-bond acceptors (Lipinski definition) is 5. The van der Waals surface area contributed by atoms with E-state index in [-0.39, 0.29) is 23.3 Å². The molecule has 0 aliphatic carbocycles. The molecule has 4 atom stereocenters. The van der Waals surface area contributed by atoms with Gasteiger partial charge < -0.3 is 14.7 Å². The molecule has 1 saturated heterocycles. The van der Waals surface area contributed by atoms with Crippen LogP contribution in [0.2, 0.25) is 0 Å². The van der Waals surface area contributed by atoms with E-state index in [4.69, 9.17) is 16.3 Å². The Morgan fingerprint density at radius 1 is 1.31 bits per heavy atom. The van der Waals surface area contributed by atoms with Crippen molar-refractivity contribution < 1.29 is 19.4 Å². The number of benzene rings is 1. The normalized spacial score (nSPS) is 21.5. The molecular weight excluding hydrogens is 448 g/mol. The zero-order valence-corrected chi connectivity index (χ0v) is 20.0. The van der Waals surface area contributed by atoms with Gasteiger partial charge in [-0.3, -0.25) is 9.79 Å². The second kappa shape index (κ2) is 11.9. The molecule has 6 nitrogen and oxygen atoms in total. The van der Waals surface area contributed by atoms with Crippen LogP contribution in [0.5, 0.6) is 0 Å². The highest BCUT2D eigenvalue weighted by atomic mass is 35.5. The van der Waals surface area contributed by atoms with Gasteiger partial charge in [0.25, 0.3) is 5.91 Å². The van der Waals surface area contributed by atoms with E-state index in [1.807, 2.05) is 30.3 Å². The van der Waals surface area contributed by atoms with Crippen molar-refractivity contribution in [3.8, 4) is 0 Å². The Morgan fingerprint density at radius 2 is 2.06 bits per heavy atom. The molecule has 8 heteroatoms. The Morgan fingerprint density at radius 3 is 2.72 bits per heavy atom. The number of hydrogen-bond donors (Lipinski definition) is 1. The minimum Gasteiger partial charge on any atom is -0.479 e. The van der Waals surface area contributed by atoms with Gasteiger partial charge in [-0.1, -0.05) is 81.3 Å². The molecule has 4 unspecified atom stereocenters. The number of β-lactam (4-membered cyclic amide) rings is 1. The Balaban J connectivity index is 1.62. The van der Waals surface area contributed by atoms with Crippen LogP contribution in [-0.2, 0) is 20.9 Å². The Kier molecular flexibility index (Phi) is 9.20. The van der Waals surface area contributed by atoms with E-state index >= 15 is 0 Å². The van der Waals surface area contributed by atoms with Crippen molar-refractivity contribution in [2.75, 3.05) is 5.88 Å². The number of aliphatic imine (C=N–C) groups is 1. The largest absolute Gasteiger partial charge is 0.479 e. The van der Waals surface area contributed by atoms with Crippen molar-refractivity contribution >= 4 is 40.3 Å². The number of likely N-dealkylation sites (tertiary alicyclic amines) is 1. The van der Waals surface area contributed by atoms with Gasteiger partial charge >= 0.3 is 5.97 Å². The molecule has 0 bridgehead atoms. The van der Waals surface area contributed by atoms with Crippen LogP contribution in [0.1, 0.15) is 51.0 Å². The third-order valence-corrected chi connectivity index (χ3v) is 7.39. The summed E-state index contributed by atoms with van der Waals surface area (Å²) in [7, 11) is 0. The quantitative estimate of drug-likeness (QED) is 0.179. The van der Waals surface area contributed by atoms with Gasteiger partial charge in [0.05, 0.1) is 17.8 Å². The summed E-state index contributed by atoms with van der Waals surface area (Å²) in [5.41, 5.74) is 1.43. The van der Waals surface area contributed by atoms with Crippen molar-refractivity contribution in [1.29, 1.82) is 0 Å². The minimum absolute atomic E-state index is 0.00689. The molecule has 0 saturated carbocycles. The minimum atomic E-state index is -1.11. The number of carboxylic acids is 1. The van der Waals surface area contributed by atoms with E-state index in [0.717, 1.165) is 23.4 Å². The average Bonchev–Trinajstić information content (AvgIpc) is 3.17. The summed E-state index contributed by atoms with van der Waals surface area (Å²) in [4.78, 5) is 30.3. The number of alkyl halides is 1. The molecule has 0 spiro atoms. The van der Waals surface area contributed by atoms with Crippen molar-refractivity contribution in [2.24, 2.45) is 4.99 Å². The van der Waals surface area contributed by atoms with E-state index < -0.39 is 18.1 Å². The lowest BCUT2D eigenvalue weighted by Crippen LogP contribution is -2.66. The highest BCUT2D eigenvalue weighted by Gasteiger charge is 2.56. The third kappa shape index (κ3) is 5.94. The molecule has 1 fully saturated rings. The van der Waals surface area contributed by atoms with Gasteiger partial charge in [-0.05, 0) is 17.6 Å². The monoisotopic (exact) mass is 478 g/mol. The molecule has 1 aromatic carbocycles. The second-order valence-electron chi connectivity index (χ2n) is 8.23. The maximum atomic E-state index is 12.6. The molecular formula is C24H31ClN2O4S. The number of fused-ring (bicyclic) bond motifs is 1. The van der Waals surface area contributed by atoms with Crippen molar-refractivity contribution in [2.45, 2.75) is 75.6 Å². The lowest BCUT2D eigenvalue weighted by Gasteiger charge is -2.44. The molecule has 3 rings (SSSR count). The lowest BCUT2D eigenvalue weighted by molar-refractivity contribution is -0.157. The number of nitrogens with zero attached hydrogens (tertiary/aromatic N) is 2. The molecule has 0 radical (unpaired) electrons. The maximum Gasteiger partial charge on any atom is 0.330 e. The number of amides is 1. The number of aliphatic carboxylic acids is 1. The molecule has 0 aromatic heterocycles. The van der Waals surface area contributed by atoms with Gasteiger partial charge in [-0.15, -0.1) is 11.6 Å². The first-order valence-corrected chi connectivity index (χ1v) is 12.5. The van der Waals surface area contributed by atoms with Crippen molar-refractivity contribution in [3.63, 3.8) is 0 Å². The fourth-order valence-corrected chi connectivity index (χ4v) is 5.53. The summed E-state index contributed by atoms with van der Waals surface area (Å²) in [6.45, 7) is 6.47. The maximum absolute atomic E-state index is 12.6. The molecule has 1 aromatic rings. The average molecular weight is 479 g/mol. The van der Waals surface area contributed by atoms with Crippen LogP contribution in [0.25, 0.3) is 0 Å². The van der Waals surface area contributed by atoms with E-state index in [0.29, 0.717) is 18.6 Å². The first-order valence-electron chi connectivity index (χ1n) is 11.1. The highest BCUT2D eigenvalue weighted by Crippen LogP contribution is 2.42. The van der Waals surface area contributed by atoms with Crippen LogP contribution >= 0.6 is 23.4 Å². The molecule has 1 amide bonds. The van der Waals surface area contributed by atoms with Gasteiger partial charge in [-0.2, -0.15) is 0 Å². The predicted molar refractivity (Wildman–Crippen MR) is 129 cm³/mol. The van der Waals surface area contributed by atoms with Gasteiger partial charge in [0.2, 0.25) is 0 Å². The summed E-state index contributed by atoms with van der Waals surface area (Å²) in [5.74, 6) is -1.40.